The molecule has 42 heavy (non-hydrogen) atoms. The number of carbonyl (C=O) groups is 2. The number of hydrogen-bond acceptors (Lipinski definition) is 6. The minimum atomic E-state index is -3.96. The van der Waals surface area contributed by atoms with Gasteiger partial charge in [-0.25, -0.2) is 22.5 Å². The molecular weight excluding hydrogens is 584 g/mol. The third kappa shape index (κ3) is 7.84. The number of rotatable bonds is 7. The van der Waals surface area contributed by atoms with Gasteiger partial charge in [0.1, 0.15) is 5.82 Å². The summed E-state index contributed by atoms with van der Waals surface area (Å²) in [5, 5.41) is 3.06. The summed E-state index contributed by atoms with van der Waals surface area (Å²) in [4.78, 5) is 29.7. The molecule has 0 spiro atoms. The molecule has 0 unspecified atom stereocenters. The van der Waals surface area contributed by atoms with E-state index in [0.29, 0.717) is 32.5 Å². The van der Waals surface area contributed by atoms with Crippen LogP contribution in [0.3, 0.4) is 0 Å². The van der Waals surface area contributed by atoms with Crippen LogP contribution in [0.25, 0.3) is 17.2 Å². The van der Waals surface area contributed by atoms with Crippen LogP contribution in [-0.2, 0) is 26.0 Å². The Balaban J connectivity index is 0.00000405. The Morgan fingerprint density at radius 3 is 2.33 bits per heavy atom. The molecule has 1 saturated heterocycles. The first kappa shape index (κ1) is 31.4. The van der Waals surface area contributed by atoms with E-state index in [1.54, 1.807) is 54.6 Å². The van der Waals surface area contributed by atoms with Crippen LogP contribution in [0.2, 0.25) is 0 Å². The molecule has 0 saturated carbocycles. The Hall–Kier alpha value is -3.54. The molecular formula is C31H24FN3NaO4S2. The number of halogens is 1. The summed E-state index contributed by atoms with van der Waals surface area (Å²) in [6.45, 7) is 1.84. The largest absolute Gasteiger partial charge is 0.300 e. The fraction of sp³-hybridized carbons (Fsp3) is 0.0645. The van der Waals surface area contributed by atoms with Crippen LogP contribution in [0.4, 0.5) is 10.1 Å². The average molecular weight is 609 g/mol. The SMILES string of the molecule is Cc1ccc(S(=O)(=O)NC(=O)Cc2ccc(N=C3NC(=O)C(=Cc4ccc(-c5ccccc5)c(F)c4)S3)cc2)cc1.[Na]. The molecule has 11 heteroatoms. The number of sulfonamides is 1. The number of amides is 2. The van der Waals surface area contributed by atoms with Gasteiger partial charge >= 0.3 is 0 Å². The number of thioether (sulfide) groups is 1. The van der Waals surface area contributed by atoms with Crippen molar-refractivity contribution in [2.75, 3.05) is 0 Å². The van der Waals surface area contributed by atoms with Crippen molar-refractivity contribution in [3.63, 3.8) is 0 Å². The van der Waals surface area contributed by atoms with E-state index in [9.17, 15) is 22.4 Å². The summed E-state index contributed by atoms with van der Waals surface area (Å²) in [5.41, 5.74) is 3.83. The van der Waals surface area contributed by atoms with Gasteiger partial charge in [-0.15, -0.1) is 0 Å². The van der Waals surface area contributed by atoms with Crippen molar-refractivity contribution in [3.05, 3.63) is 124 Å². The van der Waals surface area contributed by atoms with E-state index < -0.39 is 15.9 Å². The maximum atomic E-state index is 14.7. The zero-order valence-electron chi connectivity index (χ0n) is 22.8. The summed E-state index contributed by atoms with van der Waals surface area (Å²) < 4.78 is 41.7. The van der Waals surface area contributed by atoms with Crippen LogP contribution < -0.4 is 10.0 Å². The Labute approximate surface area is 269 Å². The molecule has 5 rings (SSSR count). The summed E-state index contributed by atoms with van der Waals surface area (Å²) in [7, 11) is -3.96. The summed E-state index contributed by atoms with van der Waals surface area (Å²) in [5.74, 6) is -1.39. The molecule has 1 radical (unpaired) electrons. The number of nitrogens with zero attached hydrogens (tertiary/aromatic N) is 1. The smallest absolute Gasteiger partial charge is 0.264 e. The summed E-state index contributed by atoms with van der Waals surface area (Å²) in [6.07, 6.45) is 1.46. The second kappa shape index (κ2) is 13.6. The molecule has 0 atom stereocenters. The molecule has 2 N–H and O–H groups in total. The van der Waals surface area contributed by atoms with E-state index in [4.69, 9.17) is 0 Å². The van der Waals surface area contributed by atoms with Gasteiger partial charge in [0.2, 0.25) is 5.91 Å². The number of nitrogens with one attached hydrogen (secondary N) is 2. The molecule has 1 aliphatic rings. The van der Waals surface area contributed by atoms with Crippen LogP contribution in [-0.4, -0.2) is 55.0 Å². The second-order valence-electron chi connectivity index (χ2n) is 9.27. The average Bonchev–Trinajstić information content (AvgIpc) is 3.28. The number of amidine groups is 1. The molecule has 4 aromatic carbocycles. The standard InChI is InChI=1S/C31H24FN3O4S2.Na/c1-20-7-14-25(15-8-20)41(38,39)35-29(36)19-21-9-12-24(13-10-21)33-31-34-30(37)28(40-31)18-22-11-16-26(27(32)17-22)23-5-3-2-4-6-23;/h2-18H,19H2,1H3,(H,35,36)(H,33,34,37);. The fourth-order valence-corrected chi connectivity index (χ4v) is 5.88. The van der Waals surface area contributed by atoms with Gasteiger partial charge in [0.05, 0.1) is 21.9 Å². The van der Waals surface area contributed by atoms with Crippen LogP contribution in [0.15, 0.2) is 112 Å². The molecule has 0 aromatic heterocycles. The maximum absolute atomic E-state index is 14.7. The number of aliphatic imine (C=N–C) groups is 1. The van der Waals surface area contributed by atoms with Crippen molar-refractivity contribution in [1.82, 2.24) is 10.0 Å². The predicted octanol–water partition coefficient (Wildman–Crippen LogP) is 5.36. The van der Waals surface area contributed by atoms with Gasteiger partial charge < -0.3 is 5.32 Å². The molecule has 4 aromatic rings. The van der Waals surface area contributed by atoms with Gasteiger partial charge in [0.15, 0.2) is 5.17 Å². The number of hydrogen-bond donors (Lipinski definition) is 2. The normalized spacial score (nSPS) is 14.9. The molecule has 207 valence electrons. The monoisotopic (exact) mass is 608 g/mol. The molecule has 1 heterocycles. The van der Waals surface area contributed by atoms with Crippen molar-refractivity contribution in [2.45, 2.75) is 18.2 Å². The zero-order valence-corrected chi connectivity index (χ0v) is 26.4. The molecule has 2 amide bonds. The van der Waals surface area contributed by atoms with Gasteiger partial charge in [0.25, 0.3) is 15.9 Å². The van der Waals surface area contributed by atoms with E-state index in [1.807, 2.05) is 37.3 Å². The third-order valence-corrected chi connectivity index (χ3v) is 8.44. The fourth-order valence-electron chi connectivity index (χ4n) is 4.06. The number of aryl methyl sites for hydroxylation is 1. The van der Waals surface area contributed by atoms with Crippen molar-refractivity contribution >= 4 is 80.1 Å². The van der Waals surface area contributed by atoms with Crippen molar-refractivity contribution in [3.8, 4) is 11.1 Å². The van der Waals surface area contributed by atoms with E-state index in [-0.39, 0.29) is 52.6 Å². The van der Waals surface area contributed by atoms with Crippen LogP contribution >= 0.6 is 11.8 Å². The molecule has 7 nitrogen and oxygen atoms in total. The second-order valence-corrected chi connectivity index (χ2v) is 12.0. The van der Waals surface area contributed by atoms with E-state index >= 15 is 0 Å². The first-order chi connectivity index (χ1) is 19.7. The Morgan fingerprint density at radius 2 is 1.67 bits per heavy atom. The Kier molecular flexibility index (Phi) is 10.2. The van der Waals surface area contributed by atoms with E-state index in [2.05, 4.69) is 15.0 Å². The van der Waals surface area contributed by atoms with Crippen LogP contribution in [0, 0.1) is 12.7 Å². The predicted molar refractivity (Wildman–Crippen MR) is 165 cm³/mol. The Bertz CT molecular complexity index is 1790. The van der Waals surface area contributed by atoms with E-state index in [0.717, 1.165) is 22.9 Å². The number of benzene rings is 4. The zero-order chi connectivity index (χ0) is 29.0. The molecule has 0 bridgehead atoms. The molecule has 0 aliphatic carbocycles. The molecule has 1 fully saturated rings. The topological polar surface area (TPSA) is 105 Å². The Morgan fingerprint density at radius 1 is 0.976 bits per heavy atom. The van der Waals surface area contributed by atoms with Gasteiger partial charge in [0, 0.05) is 35.1 Å². The summed E-state index contributed by atoms with van der Waals surface area (Å²) in [6, 6.07) is 26.9. The first-order valence-corrected chi connectivity index (χ1v) is 14.8. The van der Waals surface area contributed by atoms with Gasteiger partial charge in [-0.3, -0.25) is 9.59 Å². The quantitative estimate of drug-likeness (QED) is 0.217. The maximum Gasteiger partial charge on any atom is 0.264 e. The summed E-state index contributed by atoms with van der Waals surface area (Å²) >= 11 is 1.13. The van der Waals surface area contributed by atoms with Gasteiger partial charge in [-0.05, 0) is 71.8 Å². The third-order valence-electron chi connectivity index (χ3n) is 6.14. The van der Waals surface area contributed by atoms with Crippen LogP contribution in [0.1, 0.15) is 16.7 Å². The molecule has 1 aliphatic heterocycles. The number of carbonyl (C=O) groups excluding carboxylic acids is 2. The van der Waals surface area contributed by atoms with Crippen molar-refractivity contribution in [1.29, 1.82) is 0 Å². The van der Waals surface area contributed by atoms with Crippen molar-refractivity contribution < 1.29 is 22.4 Å². The van der Waals surface area contributed by atoms with Gasteiger partial charge in [-0.1, -0.05) is 72.3 Å². The minimum absolute atomic E-state index is 0. The van der Waals surface area contributed by atoms with Crippen molar-refractivity contribution in [2.24, 2.45) is 4.99 Å². The van der Waals surface area contributed by atoms with E-state index in [1.165, 1.54) is 18.2 Å². The minimum Gasteiger partial charge on any atom is -0.300 e. The first-order valence-electron chi connectivity index (χ1n) is 12.5. The van der Waals surface area contributed by atoms with Crippen LogP contribution in [0.5, 0.6) is 0 Å². The van der Waals surface area contributed by atoms with Gasteiger partial charge in [-0.2, -0.15) is 0 Å².